The van der Waals surface area contributed by atoms with E-state index in [1.165, 1.54) is 0 Å². The van der Waals surface area contributed by atoms with Crippen LogP contribution >= 0.6 is 15.9 Å². The Balaban J connectivity index is 1.57. The number of carbonyl (C=O) groups excluding carboxylic acids is 1. The van der Waals surface area contributed by atoms with E-state index in [4.69, 9.17) is 9.47 Å². The van der Waals surface area contributed by atoms with E-state index in [9.17, 15) is 4.79 Å². The molecule has 0 radical (unpaired) electrons. The highest BCUT2D eigenvalue weighted by Gasteiger charge is 2.08. The van der Waals surface area contributed by atoms with Gasteiger partial charge in [0.15, 0.2) is 0 Å². The Kier molecular flexibility index (Phi) is 6.04. The summed E-state index contributed by atoms with van der Waals surface area (Å²) in [5.41, 5.74) is 2.16. The zero-order chi connectivity index (χ0) is 18.4. The molecule has 0 aliphatic heterocycles. The van der Waals surface area contributed by atoms with Crippen molar-refractivity contribution in [3.8, 4) is 5.75 Å². The van der Waals surface area contributed by atoms with Crippen LogP contribution < -0.4 is 10.1 Å². The lowest BCUT2D eigenvalue weighted by Gasteiger charge is -2.08. The summed E-state index contributed by atoms with van der Waals surface area (Å²) in [6, 6.07) is 15.0. The lowest BCUT2D eigenvalue weighted by Crippen LogP contribution is -2.11. The molecule has 2 aromatic carbocycles. The molecule has 0 saturated carbocycles. The lowest BCUT2D eigenvalue weighted by molar-refractivity contribution is 0.102. The van der Waals surface area contributed by atoms with Gasteiger partial charge in [-0.2, -0.15) is 5.10 Å². The minimum atomic E-state index is -0.194. The molecule has 1 aromatic heterocycles. The Morgan fingerprint density at radius 2 is 1.96 bits per heavy atom. The van der Waals surface area contributed by atoms with Crippen molar-refractivity contribution in [2.45, 2.75) is 13.3 Å². The van der Waals surface area contributed by atoms with Crippen molar-refractivity contribution in [2.24, 2.45) is 0 Å². The second kappa shape index (κ2) is 8.64. The Morgan fingerprint density at radius 3 is 2.69 bits per heavy atom. The fraction of sp³-hybridized carbons (Fsp3) is 0.158. The average molecular weight is 416 g/mol. The molecule has 6 nitrogen and oxygen atoms in total. The number of hydrogen-bond acceptors (Lipinski definition) is 4. The smallest absolute Gasteiger partial charge is 0.255 e. The van der Waals surface area contributed by atoms with Crippen LogP contribution in [0.4, 0.5) is 5.69 Å². The quantitative estimate of drug-likeness (QED) is 0.631. The Morgan fingerprint density at radius 1 is 1.19 bits per heavy atom. The minimum Gasteiger partial charge on any atom is -0.488 e. The molecule has 0 fully saturated rings. The van der Waals surface area contributed by atoms with Gasteiger partial charge in [-0.05, 0) is 45.8 Å². The van der Waals surface area contributed by atoms with Gasteiger partial charge in [0.2, 0.25) is 0 Å². The molecule has 0 bridgehead atoms. The van der Waals surface area contributed by atoms with E-state index in [1.807, 2.05) is 36.4 Å². The number of amides is 1. The average Bonchev–Trinajstić information content (AvgIpc) is 3.09. The van der Waals surface area contributed by atoms with E-state index in [1.54, 1.807) is 36.3 Å². The van der Waals surface area contributed by atoms with Crippen molar-refractivity contribution >= 4 is 27.5 Å². The van der Waals surface area contributed by atoms with E-state index in [2.05, 4.69) is 26.3 Å². The molecule has 1 amide bonds. The highest BCUT2D eigenvalue weighted by Crippen LogP contribution is 2.24. The van der Waals surface area contributed by atoms with Gasteiger partial charge >= 0.3 is 0 Å². The fourth-order valence-electron chi connectivity index (χ4n) is 2.31. The van der Waals surface area contributed by atoms with Crippen LogP contribution in [0.5, 0.6) is 5.75 Å². The van der Waals surface area contributed by atoms with Gasteiger partial charge in [0.25, 0.3) is 5.91 Å². The number of aromatic nitrogens is 2. The summed E-state index contributed by atoms with van der Waals surface area (Å²) < 4.78 is 13.3. The first-order valence-electron chi connectivity index (χ1n) is 7.95. The number of carbonyl (C=O) groups is 1. The Labute approximate surface area is 159 Å². The van der Waals surface area contributed by atoms with Gasteiger partial charge in [0.05, 0.1) is 22.6 Å². The molecule has 0 unspecified atom stereocenters. The highest BCUT2D eigenvalue weighted by atomic mass is 79.9. The fourth-order valence-corrected chi connectivity index (χ4v) is 2.71. The van der Waals surface area contributed by atoms with Crippen molar-refractivity contribution in [1.29, 1.82) is 0 Å². The van der Waals surface area contributed by atoms with Crippen LogP contribution in [-0.2, 0) is 18.1 Å². The van der Waals surface area contributed by atoms with Crippen LogP contribution in [0, 0.1) is 0 Å². The zero-order valence-corrected chi connectivity index (χ0v) is 15.8. The third kappa shape index (κ3) is 4.71. The number of nitrogens with one attached hydrogen (secondary N) is 1. The first kappa shape index (κ1) is 18.2. The Hall–Kier alpha value is -2.64. The van der Waals surface area contributed by atoms with Crippen LogP contribution in [0.3, 0.4) is 0 Å². The van der Waals surface area contributed by atoms with E-state index in [0.29, 0.717) is 24.6 Å². The largest absolute Gasteiger partial charge is 0.488 e. The van der Waals surface area contributed by atoms with E-state index in [0.717, 1.165) is 15.8 Å². The second-order valence-corrected chi connectivity index (χ2v) is 6.41. The summed E-state index contributed by atoms with van der Waals surface area (Å²) in [5.74, 6) is 0.586. The van der Waals surface area contributed by atoms with Gasteiger partial charge in [-0.3, -0.25) is 4.79 Å². The topological polar surface area (TPSA) is 65.4 Å². The first-order chi connectivity index (χ1) is 12.7. The normalized spacial score (nSPS) is 10.5. The van der Waals surface area contributed by atoms with E-state index < -0.39 is 0 Å². The van der Waals surface area contributed by atoms with E-state index >= 15 is 0 Å². The van der Waals surface area contributed by atoms with Gasteiger partial charge in [-0.25, -0.2) is 4.68 Å². The summed E-state index contributed by atoms with van der Waals surface area (Å²) in [7, 11) is 1.59. The van der Waals surface area contributed by atoms with Crippen LogP contribution in [0.15, 0.2) is 65.4 Å². The lowest BCUT2D eigenvalue weighted by atomic mass is 10.1. The number of methoxy groups -OCH3 is 1. The van der Waals surface area contributed by atoms with Crippen molar-refractivity contribution in [2.75, 3.05) is 12.4 Å². The Bertz CT molecular complexity index is 878. The second-order valence-electron chi connectivity index (χ2n) is 5.56. The van der Waals surface area contributed by atoms with Crippen LogP contribution in [0.25, 0.3) is 0 Å². The van der Waals surface area contributed by atoms with Gasteiger partial charge in [0.1, 0.15) is 19.1 Å². The molecule has 0 atom stereocenters. The number of benzene rings is 2. The highest BCUT2D eigenvalue weighted by molar-refractivity contribution is 9.10. The number of hydrogen-bond donors (Lipinski definition) is 1. The number of halogens is 1. The molecule has 1 heterocycles. The van der Waals surface area contributed by atoms with E-state index in [-0.39, 0.29) is 5.91 Å². The third-order valence-corrected chi connectivity index (χ3v) is 4.25. The van der Waals surface area contributed by atoms with Gasteiger partial charge in [0, 0.05) is 12.7 Å². The number of ether oxygens (including phenoxy) is 2. The maximum Gasteiger partial charge on any atom is 0.255 e. The molecule has 3 rings (SSSR count). The summed E-state index contributed by atoms with van der Waals surface area (Å²) in [6.07, 6.45) is 3.29. The SMILES string of the molecule is COCn1cc(NC(=O)c2ccc(COc3ccccc3Br)cc2)cn1. The van der Waals surface area contributed by atoms with Crippen molar-refractivity contribution < 1.29 is 14.3 Å². The standard InChI is InChI=1S/C19H18BrN3O3/c1-25-13-23-11-16(10-21-23)22-19(24)15-8-6-14(7-9-15)12-26-18-5-3-2-4-17(18)20/h2-11H,12-13H2,1H3,(H,22,24). The number of anilines is 1. The number of para-hydroxylation sites is 1. The van der Waals surface area contributed by atoms with Gasteiger partial charge in [-0.15, -0.1) is 0 Å². The van der Waals surface area contributed by atoms with Crippen molar-refractivity contribution in [3.05, 3.63) is 76.5 Å². The maximum atomic E-state index is 12.3. The predicted molar refractivity (Wildman–Crippen MR) is 102 cm³/mol. The van der Waals surface area contributed by atoms with Crippen molar-refractivity contribution in [3.63, 3.8) is 0 Å². The molecule has 0 aliphatic rings. The maximum absolute atomic E-state index is 12.3. The van der Waals surface area contributed by atoms with Crippen LogP contribution in [0.1, 0.15) is 15.9 Å². The molecule has 0 saturated heterocycles. The first-order valence-corrected chi connectivity index (χ1v) is 8.74. The number of nitrogens with zero attached hydrogens (tertiary/aromatic N) is 2. The molecular weight excluding hydrogens is 398 g/mol. The zero-order valence-electron chi connectivity index (χ0n) is 14.2. The molecule has 26 heavy (non-hydrogen) atoms. The minimum absolute atomic E-state index is 0.194. The third-order valence-electron chi connectivity index (χ3n) is 3.60. The molecule has 1 N–H and O–H groups in total. The number of rotatable bonds is 7. The summed E-state index contributed by atoms with van der Waals surface area (Å²) >= 11 is 3.45. The van der Waals surface area contributed by atoms with Gasteiger partial charge < -0.3 is 14.8 Å². The van der Waals surface area contributed by atoms with Crippen LogP contribution in [-0.4, -0.2) is 22.8 Å². The molecular formula is C19H18BrN3O3. The van der Waals surface area contributed by atoms with Crippen LogP contribution in [0.2, 0.25) is 0 Å². The van der Waals surface area contributed by atoms with Crippen molar-refractivity contribution in [1.82, 2.24) is 9.78 Å². The molecule has 7 heteroatoms. The van der Waals surface area contributed by atoms with Gasteiger partial charge in [-0.1, -0.05) is 24.3 Å². The molecule has 0 spiro atoms. The summed E-state index contributed by atoms with van der Waals surface area (Å²) in [6.45, 7) is 0.760. The molecule has 134 valence electrons. The summed E-state index contributed by atoms with van der Waals surface area (Å²) in [5, 5.41) is 6.89. The predicted octanol–water partition coefficient (Wildman–Crippen LogP) is 4.08. The monoisotopic (exact) mass is 415 g/mol. The molecule has 3 aromatic rings. The summed E-state index contributed by atoms with van der Waals surface area (Å²) in [4.78, 5) is 12.3. The molecule has 0 aliphatic carbocycles.